The largest absolute Gasteiger partial charge is 0.497 e. The van der Waals surface area contributed by atoms with Gasteiger partial charge in [0.1, 0.15) is 5.75 Å². The Morgan fingerprint density at radius 2 is 2.09 bits per heavy atom. The molecule has 0 saturated heterocycles. The van der Waals surface area contributed by atoms with Crippen molar-refractivity contribution in [2.45, 2.75) is 50.5 Å². The van der Waals surface area contributed by atoms with Gasteiger partial charge in [-0.25, -0.2) is 4.79 Å². The molecule has 1 fully saturated rings. The minimum Gasteiger partial charge on any atom is -0.497 e. The molecule has 1 unspecified atom stereocenters. The Kier molecular flexibility index (Phi) is 6.28. The predicted octanol–water partition coefficient (Wildman–Crippen LogP) is 2.58. The van der Waals surface area contributed by atoms with E-state index in [1.54, 1.807) is 14.0 Å². The zero-order valence-electron chi connectivity index (χ0n) is 14.1. The first-order valence-corrected chi connectivity index (χ1v) is 8.40. The summed E-state index contributed by atoms with van der Waals surface area (Å²) in [5.41, 5.74) is 1.23. The van der Waals surface area contributed by atoms with Crippen LogP contribution in [0.4, 0.5) is 4.79 Å². The van der Waals surface area contributed by atoms with E-state index in [0.29, 0.717) is 19.5 Å². The number of rotatable bonds is 7. The van der Waals surface area contributed by atoms with Gasteiger partial charge in [0.05, 0.1) is 13.2 Å². The van der Waals surface area contributed by atoms with Gasteiger partial charge in [0.15, 0.2) is 0 Å². The van der Waals surface area contributed by atoms with Crippen LogP contribution in [0.2, 0.25) is 0 Å². The molecule has 1 atom stereocenters. The van der Waals surface area contributed by atoms with Crippen LogP contribution in [-0.4, -0.2) is 37.4 Å². The third-order valence-electron chi connectivity index (χ3n) is 4.68. The van der Waals surface area contributed by atoms with Crippen molar-refractivity contribution in [3.63, 3.8) is 0 Å². The van der Waals surface area contributed by atoms with E-state index in [-0.39, 0.29) is 11.4 Å². The number of hydrogen-bond acceptors (Lipinski definition) is 3. The molecule has 1 aliphatic carbocycles. The van der Waals surface area contributed by atoms with E-state index in [0.717, 1.165) is 18.6 Å². The normalized spacial score (nSPS) is 17.5. The number of methoxy groups -OCH3 is 1. The van der Waals surface area contributed by atoms with Gasteiger partial charge in [0, 0.05) is 18.5 Å². The number of ether oxygens (including phenoxy) is 1. The van der Waals surface area contributed by atoms with Gasteiger partial charge in [0.2, 0.25) is 0 Å². The van der Waals surface area contributed by atoms with Gasteiger partial charge >= 0.3 is 6.03 Å². The topological polar surface area (TPSA) is 70.6 Å². The summed E-state index contributed by atoms with van der Waals surface area (Å²) in [6.45, 7) is 2.83. The molecule has 5 heteroatoms. The quantitative estimate of drug-likeness (QED) is 0.723. The molecule has 1 aromatic carbocycles. The van der Waals surface area contributed by atoms with Crippen LogP contribution in [0.25, 0.3) is 0 Å². The summed E-state index contributed by atoms with van der Waals surface area (Å²) in [7, 11) is 1.67. The van der Waals surface area contributed by atoms with Crippen molar-refractivity contribution in [1.29, 1.82) is 0 Å². The second-order valence-electron chi connectivity index (χ2n) is 6.47. The molecule has 1 aromatic rings. The van der Waals surface area contributed by atoms with Crippen LogP contribution in [0.5, 0.6) is 5.75 Å². The Morgan fingerprint density at radius 3 is 2.74 bits per heavy atom. The summed E-state index contributed by atoms with van der Waals surface area (Å²) in [5, 5.41) is 15.0. The number of urea groups is 1. The highest BCUT2D eigenvalue weighted by atomic mass is 16.5. The van der Waals surface area contributed by atoms with Gasteiger partial charge in [-0.3, -0.25) is 0 Å². The van der Waals surface area contributed by atoms with Crippen molar-refractivity contribution in [1.82, 2.24) is 10.6 Å². The molecule has 128 valence electrons. The molecule has 1 aliphatic rings. The van der Waals surface area contributed by atoms with Crippen molar-refractivity contribution in [3.8, 4) is 5.75 Å². The predicted molar refractivity (Wildman–Crippen MR) is 90.8 cm³/mol. The molecule has 0 radical (unpaired) electrons. The molecule has 2 rings (SSSR count). The zero-order valence-corrected chi connectivity index (χ0v) is 14.1. The Bertz CT molecular complexity index is 511. The van der Waals surface area contributed by atoms with Crippen LogP contribution in [-0.2, 0) is 5.41 Å². The molecular formula is C18H28N2O3. The number of nitrogens with one attached hydrogen (secondary N) is 2. The number of hydrogen-bond donors (Lipinski definition) is 3. The fourth-order valence-corrected chi connectivity index (χ4v) is 3.28. The molecule has 0 spiro atoms. The van der Waals surface area contributed by atoms with Crippen LogP contribution < -0.4 is 15.4 Å². The Labute approximate surface area is 138 Å². The average molecular weight is 320 g/mol. The van der Waals surface area contributed by atoms with Crippen molar-refractivity contribution < 1.29 is 14.6 Å². The SMILES string of the molecule is COc1cccc(C2(CNC(=O)NCCC(C)O)CCCC2)c1. The minimum atomic E-state index is -0.395. The highest BCUT2D eigenvalue weighted by Crippen LogP contribution is 2.41. The summed E-state index contributed by atoms with van der Waals surface area (Å²) in [6, 6.07) is 8.00. The van der Waals surface area contributed by atoms with E-state index in [9.17, 15) is 9.90 Å². The third-order valence-corrected chi connectivity index (χ3v) is 4.68. The van der Waals surface area contributed by atoms with Gasteiger partial charge in [-0.1, -0.05) is 25.0 Å². The Hall–Kier alpha value is -1.75. The first-order chi connectivity index (χ1) is 11.1. The molecule has 3 N–H and O–H groups in total. The van der Waals surface area contributed by atoms with E-state index >= 15 is 0 Å². The van der Waals surface area contributed by atoms with Gasteiger partial charge in [-0.2, -0.15) is 0 Å². The molecule has 0 aliphatic heterocycles. The highest BCUT2D eigenvalue weighted by molar-refractivity contribution is 5.74. The molecule has 0 aromatic heterocycles. The fourth-order valence-electron chi connectivity index (χ4n) is 3.28. The molecule has 2 amide bonds. The van der Waals surface area contributed by atoms with Crippen LogP contribution in [0.3, 0.4) is 0 Å². The van der Waals surface area contributed by atoms with Crippen molar-refractivity contribution in [2.75, 3.05) is 20.2 Å². The van der Waals surface area contributed by atoms with Crippen LogP contribution in [0, 0.1) is 0 Å². The van der Waals surface area contributed by atoms with E-state index in [2.05, 4.69) is 22.8 Å². The fraction of sp³-hybridized carbons (Fsp3) is 0.611. The van der Waals surface area contributed by atoms with Crippen molar-refractivity contribution in [3.05, 3.63) is 29.8 Å². The van der Waals surface area contributed by atoms with Crippen LogP contribution in [0.15, 0.2) is 24.3 Å². The zero-order chi connectivity index (χ0) is 16.7. The number of aliphatic hydroxyl groups is 1. The molecule has 5 nitrogen and oxygen atoms in total. The molecular weight excluding hydrogens is 292 g/mol. The lowest BCUT2D eigenvalue weighted by Crippen LogP contribution is -2.44. The van der Waals surface area contributed by atoms with Gasteiger partial charge in [-0.05, 0) is 43.9 Å². The second kappa shape index (κ2) is 8.20. The molecule has 0 heterocycles. The van der Waals surface area contributed by atoms with E-state index in [4.69, 9.17) is 4.74 Å². The average Bonchev–Trinajstić information content (AvgIpc) is 3.03. The third kappa shape index (κ3) is 4.86. The van der Waals surface area contributed by atoms with Gasteiger partial charge in [-0.15, -0.1) is 0 Å². The number of aliphatic hydroxyl groups excluding tert-OH is 1. The van der Waals surface area contributed by atoms with E-state index < -0.39 is 6.10 Å². The summed E-state index contributed by atoms with van der Waals surface area (Å²) < 4.78 is 5.34. The van der Waals surface area contributed by atoms with Crippen LogP contribution >= 0.6 is 0 Å². The first kappa shape index (κ1) is 17.6. The second-order valence-corrected chi connectivity index (χ2v) is 6.47. The van der Waals surface area contributed by atoms with Gasteiger partial charge in [0.25, 0.3) is 0 Å². The maximum Gasteiger partial charge on any atom is 0.314 e. The molecule has 0 bridgehead atoms. The maximum absolute atomic E-state index is 11.9. The number of benzene rings is 1. The van der Waals surface area contributed by atoms with Crippen molar-refractivity contribution in [2.24, 2.45) is 0 Å². The van der Waals surface area contributed by atoms with Gasteiger partial charge < -0.3 is 20.5 Å². The minimum absolute atomic E-state index is 0.00382. The summed E-state index contributed by atoms with van der Waals surface area (Å²) >= 11 is 0. The number of carbonyl (C=O) groups excluding carboxylic acids is 1. The highest BCUT2D eigenvalue weighted by Gasteiger charge is 2.36. The lowest BCUT2D eigenvalue weighted by atomic mass is 9.78. The smallest absolute Gasteiger partial charge is 0.314 e. The summed E-state index contributed by atoms with van der Waals surface area (Å²) in [4.78, 5) is 11.9. The maximum atomic E-state index is 11.9. The number of carbonyl (C=O) groups is 1. The van der Waals surface area contributed by atoms with Crippen LogP contribution in [0.1, 0.15) is 44.6 Å². The molecule has 23 heavy (non-hydrogen) atoms. The first-order valence-electron chi connectivity index (χ1n) is 8.40. The standard InChI is InChI=1S/C18H28N2O3/c1-14(21)8-11-19-17(22)20-13-18(9-3-4-10-18)15-6-5-7-16(12-15)23-2/h5-7,12,14,21H,3-4,8-11,13H2,1-2H3,(H2,19,20,22). The van der Waals surface area contributed by atoms with E-state index in [1.165, 1.54) is 18.4 Å². The summed E-state index contributed by atoms with van der Waals surface area (Å²) in [5.74, 6) is 0.857. The lowest BCUT2D eigenvalue weighted by molar-refractivity contribution is 0.183. The Morgan fingerprint density at radius 1 is 1.35 bits per heavy atom. The summed E-state index contributed by atoms with van der Waals surface area (Å²) in [6.07, 6.45) is 4.69. The monoisotopic (exact) mass is 320 g/mol. The van der Waals surface area contributed by atoms with Crippen molar-refractivity contribution >= 4 is 6.03 Å². The van der Waals surface area contributed by atoms with E-state index in [1.807, 2.05) is 12.1 Å². The lowest BCUT2D eigenvalue weighted by Gasteiger charge is -2.30. The Balaban J connectivity index is 1.96. The molecule has 1 saturated carbocycles. The number of amides is 2.